The van der Waals surface area contributed by atoms with Crippen molar-refractivity contribution in [1.29, 1.82) is 0 Å². The van der Waals surface area contributed by atoms with Crippen molar-refractivity contribution in [3.05, 3.63) is 29.0 Å². The van der Waals surface area contributed by atoms with Gasteiger partial charge >= 0.3 is 0 Å². The summed E-state index contributed by atoms with van der Waals surface area (Å²) in [6.07, 6.45) is 4.73. The topological polar surface area (TPSA) is 69.6 Å². The lowest BCUT2D eigenvalue weighted by atomic mass is 10.2. The van der Waals surface area contributed by atoms with E-state index in [4.69, 9.17) is 11.6 Å². The van der Waals surface area contributed by atoms with Crippen LogP contribution in [0.15, 0.2) is 23.3 Å². The number of likely N-dealkylation sites (N-methyl/N-ethyl adjacent to an activating group) is 1. The molecule has 0 radical (unpaired) electrons. The average molecular weight is 340 g/mol. The van der Waals surface area contributed by atoms with Gasteiger partial charge in [-0.1, -0.05) is 31.0 Å². The highest BCUT2D eigenvalue weighted by molar-refractivity contribution is 6.29. The standard InChI is InChI=1S/C16H26ClN5O/c1-4-5-9-18-16(21-12-15(23)22(2)3)19-10-8-13-6-7-14(17)20-11-13/h6-7,11H,4-5,8-10,12H2,1-3H3,(H2,18,19,21). The second kappa shape index (κ2) is 10.8. The molecule has 0 bridgehead atoms. The number of hydrogen-bond acceptors (Lipinski definition) is 3. The van der Waals surface area contributed by atoms with Gasteiger partial charge in [-0.2, -0.15) is 0 Å². The van der Waals surface area contributed by atoms with Gasteiger partial charge in [-0.3, -0.25) is 4.79 Å². The lowest BCUT2D eigenvalue weighted by Crippen LogP contribution is -2.40. The van der Waals surface area contributed by atoms with Crippen molar-refractivity contribution < 1.29 is 4.79 Å². The number of unbranched alkanes of at least 4 members (excludes halogenated alkanes) is 1. The first kappa shape index (κ1) is 19.2. The maximum absolute atomic E-state index is 11.6. The monoisotopic (exact) mass is 339 g/mol. The number of halogens is 1. The van der Waals surface area contributed by atoms with E-state index in [1.54, 1.807) is 26.4 Å². The lowest BCUT2D eigenvalue weighted by molar-refractivity contribution is -0.127. The van der Waals surface area contributed by atoms with Gasteiger partial charge in [0.15, 0.2) is 5.96 Å². The Labute approximate surface area is 143 Å². The Morgan fingerprint density at radius 3 is 2.65 bits per heavy atom. The summed E-state index contributed by atoms with van der Waals surface area (Å²) in [7, 11) is 3.45. The van der Waals surface area contributed by atoms with Crippen molar-refractivity contribution in [2.24, 2.45) is 4.99 Å². The molecule has 0 aliphatic rings. The highest BCUT2D eigenvalue weighted by atomic mass is 35.5. The molecule has 7 heteroatoms. The third-order valence-electron chi connectivity index (χ3n) is 3.19. The molecule has 0 aromatic carbocycles. The first-order chi connectivity index (χ1) is 11.0. The third kappa shape index (κ3) is 8.40. The second-order valence-electron chi connectivity index (χ2n) is 5.40. The zero-order valence-electron chi connectivity index (χ0n) is 14.1. The molecule has 1 amide bonds. The fraction of sp³-hybridized carbons (Fsp3) is 0.562. The van der Waals surface area contributed by atoms with E-state index in [1.807, 2.05) is 6.07 Å². The van der Waals surface area contributed by atoms with Crippen molar-refractivity contribution in [1.82, 2.24) is 20.5 Å². The van der Waals surface area contributed by atoms with Gasteiger partial charge in [0.2, 0.25) is 5.91 Å². The molecule has 6 nitrogen and oxygen atoms in total. The van der Waals surface area contributed by atoms with E-state index >= 15 is 0 Å². The predicted molar refractivity (Wildman–Crippen MR) is 94.9 cm³/mol. The van der Waals surface area contributed by atoms with Crippen molar-refractivity contribution in [3.8, 4) is 0 Å². The second-order valence-corrected chi connectivity index (χ2v) is 5.79. The molecule has 1 rings (SSSR count). The number of aromatic nitrogens is 1. The summed E-state index contributed by atoms with van der Waals surface area (Å²) in [6, 6.07) is 3.73. The van der Waals surface area contributed by atoms with Crippen LogP contribution in [0, 0.1) is 0 Å². The van der Waals surface area contributed by atoms with Gasteiger partial charge in [0.05, 0.1) is 0 Å². The Kier molecular flexibility index (Phi) is 9.05. The van der Waals surface area contributed by atoms with Gasteiger partial charge in [-0.15, -0.1) is 0 Å². The van der Waals surface area contributed by atoms with E-state index in [0.29, 0.717) is 17.7 Å². The van der Waals surface area contributed by atoms with Crippen molar-refractivity contribution in [2.45, 2.75) is 26.2 Å². The molecular weight excluding hydrogens is 314 g/mol. The fourth-order valence-corrected chi connectivity index (χ4v) is 1.84. The van der Waals surface area contributed by atoms with Crippen LogP contribution in [-0.4, -0.2) is 55.5 Å². The number of aliphatic imine (C=N–C) groups is 1. The Balaban J connectivity index is 2.49. The van der Waals surface area contributed by atoms with E-state index in [2.05, 4.69) is 27.5 Å². The van der Waals surface area contributed by atoms with E-state index in [1.165, 1.54) is 4.90 Å². The van der Waals surface area contributed by atoms with Crippen LogP contribution in [0.1, 0.15) is 25.3 Å². The first-order valence-corrected chi connectivity index (χ1v) is 8.23. The quantitative estimate of drug-likeness (QED) is 0.327. The van der Waals surface area contributed by atoms with Crippen LogP contribution in [0.3, 0.4) is 0 Å². The van der Waals surface area contributed by atoms with Crippen LogP contribution < -0.4 is 10.6 Å². The zero-order valence-corrected chi connectivity index (χ0v) is 14.9. The van der Waals surface area contributed by atoms with Crippen LogP contribution in [0.2, 0.25) is 5.15 Å². The Morgan fingerprint density at radius 2 is 2.04 bits per heavy atom. The molecule has 128 valence electrons. The highest BCUT2D eigenvalue weighted by Gasteiger charge is 2.04. The molecule has 1 aromatic heterocycles. The summed E-state index contributed by atoms with van der Waals surface area (Å²) in [5.74, 6) is 0.638. The fourth-order valence-electron chi connectivity index (χ4n) is 1.73. The van der Waals surface area contributed by atoms with Gasteiger partial charge in [0, 0.05) is 33.4 Å². The number of carbonyl (C=O) groups is 1. The number of nitrogens with zero attached hydrogens (tertiary/aromatic N) is 3. The largest absolute Gasteiger partial charge is 0.356 e. The number of carbonyl (C=O) groups excluding carboxylic acids is 1. The average Bonchev–Trinajstić information content (AvgIpc) is 2.53. The molecule has 0 saturated carbocycles. The molecule has 1 heterocycles. The molecule has 0 fully saturated rings. The molecule has 23 heavy (non-hydrogen) atoms. The van der Waals surface area contributed by atoms with E-state index in [0.717, 1.165) is 31.4 Å². The van der Waals surface area contributed by atoms with Crippen LogP contribution in [0.5, 0.6) is 0 Å². The molecule has 0 aliphatic carbocycles. The summed E-state index contributed by atoms with van der Waals surface area (Å²) in [6.45, 7) is 3.81. The molecule has 1 aromatic rings. The number of hydrogen-bond donors (Lipinski definition) is 2. The van der Waals surface area contributed by atoms with Crippen LogP contribution >= 0.6 is 11.6 Å². The summed E-state index contributed by atoms with van der Waals surface area (Å²) >= 11 is 5.77. The van der Waals surface area contributed by atoms with Crippen molar-refractivity contribution in [2.75, 3.05) is 33.7 Å². The van der Waals surface area contributed by atoms with Gasteiger partial charge in [-0.05, 0) is 24.5 Å². The van der Waals surface area contributed by atoms with E-state index in [-0.39, 0.29) is 12.5 Å². The van der Waals surface area contributed by atoms with Gasteiger partial charge in [-0.25, -0.2) is 9.98 Å². The SMILES string of the molecule is CCCCNC(=NCC(=O)N(C)C)NCCc1ccc(Cl)nc1. The number of nitrogens with one attached hydrogen (secondary N) is 2. The van der Waals surface area contributed by atoms with Crippen LogP contribution in [0.4, 0.5) is 0 Å². The molecule has 0 atom stereocenters. The van der Waals surface area contributed by atoms with Gasteiger partial charge in [0.25, 0.3) is 0 Å². The maximum Gasteiger partial charge on any atom is 0.243 e. The molecule has 2 N–H and O–H groups in total. The third-order valence-corrected chi connectivity index (χ3v) is 3.41. The normalized spacial score (nSPS) is 11.2. The minimum absolute atomic E-state index is 0.0245. The first-order valence-electron chi connectivity index (χ1n) is 7.85. The van der Waals surface area contributed by atoms with E-state index in [9.17, 15) is 4.79 Å². The van der Waals surface area contributed by atoms with E-state index < -0.39 is 0 Å². The minimum Gasteiger partial charge on any atom is -0.356 e. The van der Waals surface area contributed by atoms with Crippen molar-refractivity contribution in [3.63, 3.8) is 0 Å². The number of rotatable bonds is 8. The summed E-state index contributed by atoms with van der Waals surface area (Å²) in [5, 5.41) is 6.98. The minimum atomic E-state index is -0.0245. The molecular formula is C16H26ClN5O. The lowest BCUT2D eigenvalue weighted by Gasteiger charge is -2.13. The Morgan fingerprint density at radius 1 is 1.30 bits per heavy atom. The predicted octanol–water partition coefficient (Wildman–Crippen LogP) is 1.70. The highest BCUT2D eigenvalue weighted by Crippen LogP contribution is 2.05. The van der Waals surface area contributed by atoms with Crippen LogP contribution in [0.25, 0.3) is 0 Å². The summed E-state index contributed by atoms with van der Waals surface area (Å²) in [4.78, 5) is 21.6. The number of pyridine rings is 1. The Bertz CT molecular complexity index is 502. The van der Waals surface area contributed by atoms with Crippen LogP contribution in [-0.2, 0) is 11.2 Å². The molecule has 0 spiro atoms. The number of guanidine groups is 1. The Hall–Kier alpha value is -1.82. The number of amides is 1. The van der Waals surface area contributed by atoms with Gasteiger partial charge in [0.1, 0.15) is 11.7 Å². The van der Waals surface area contributed by atoms with Crippen molar-refractivity contribution >= 4 is 23.5 Å². The molecule has 0 unspecified atom stereocenters. The summed E-state index contributed by atoms with van der Waals surface area (Å²) < 4.78 is 0. The molecule has 0 saturated heterocycles. The maximum atomic E-state index is 11.6. The molecule has 0 aliphatic heterocycles. The van der Waals surface area contributed by atoms with Gasteiger partial charge < -0.3 is 15.5 Å². The zero-order chi connectivity index (χ0) is 17.1. The smallest absolute Gasteiger partial charge is 0.243 e. The summed E-state index contributed by atoms with van der Waals surface area (Å²) in [5.41, 5.74) is 1.10.